The Kier molecular flexibility index (Phi) is 6.54. The van der Waals surface area contributed by atoms with Crippen LogP contribution in [-0.2, 0) is 21.7 Å². The lowest BCUT2D eigenvalue weighted by molar-refractivity contribution is -0.109. The molecule has 4 rings (SSSR count). The summed E-state index contributed by atoms with van der Waals surface area (Å²) in [7, 11) is 0. The number of aryl methyl sites for hydroxylation is 1. The predicted octanol–water partition coefficient (Wildman–Crippen LogP) is 5.68. The quantitative estimate of drug-likeness (QED) is 0.570. The van der Waals surface area contributed by atoms with Gasteiger partial charge in [0.2, 0.25) is 0 Å². The van der Waals surface area contributed by atoms with Gasteiger partial charge in [-0.2, -0.15) is 0 Å². The Morgan fingerprint density at radius 1 is 1.25 bits per heavy atom. The number of hydrogen-bond donors (Lipinski definition) is 0. The van der Waals surface area contributed by atoms with Crippen molar-refractivity contribution in [2.75, 3.05) is 13.1 Å². The molecule has 32 heavy (non-hydrogen) atoms. The first kappa shape index (κ1) is 23.1. The number of amides is 1. The van der Waals surface area contributed by atoms with Crippen molar-refractivity contribution < 1.29 is 19.1 Å². The number of nitrogens with zero attached hydrogens (tertiary/aromatic N) is 2. The van der Waals surface area contributed by atoms with Crippen LogP contribution in [0.3, 0.4) is 0 Å². The second kappa shape index (κ2) is 9.06. The Bertz CT molecular complexity index is 1000. The Balaban J connectivity index is 1.39. The maximum Gasteiger partial charge on any atom is 0.410 e. The van der Waals surface area contributed by atoms with Gasteiger partial charge in [-0.25, -0.2) is 9.78 Å². The molecule has 172 valence electrons. The fraction of sp³-hybridized carbons (Fsp3) is 0.542. The summed E-state index contributed by atoms with van der Waals surface area (Å²) in [5.74, 6) is 1.57. The van der Waals surface area contributed by atoms with E-state index >= 15 is 0 Å². The minimum Gasteiger partial charge on any atom is -0.487 e. The van der Waals surface area contributed by atoms with Crippen molar-refractivity contribution >= 4 is 34.3 Å². The highest BCUT2D eigenvalue weighted by Crippen LogP contribution is 2.41. The molecule has 1 fully saturated rings. The third-order valence-corrected chi connectivity index (χ3v) is 7.85. The summed E-state index contributed by atoms with van der Waals surface area (Å²) in [6.07, 6.45) is 5.20. The third kappa shape index (κ3) is 5.46. The molecule has 0 unspecified atom stereocenters. The van der Waals surface area contributed by atoms with Crippen molar-refractivity contribution in [2.45, 2.75) is 70.3 Å². The zero-order valence-corrected chi connectivity index (χ0v) is 20.7. The number of rotatable bonds is 3. The maximum absolute atomic E-state index is 12.4. The Morgan fingerprint density at radius 3 is 2.69 bits per heavy atom. The molecule has 8 heteroatoms. The first-order chi connectivity index (χ1) is 15.1. The lowest BCUT2D eigenvalue weighted by Gasteiger charge is -2.44. The molecule has 0 radical (unpaired) electrons. The summed E-state index contributed by atoms with van der Waals surface area (Å²) >= 11 is 2.92. The number of piperidine rings is 1. The van der Waals surface area contributed by atoms with Crippen LogP contribution in [-0.4, -0.2) is 45.4 Å². The first-order valence-corrected chi connectivity index (χ1v) is 12.8. The smallest absolute Gasteiger partial charge is 0.410 e. The van der Waals surface area contributed by atoms with Gasteiger partial charge in [-0.1, -0.05) is 11.8 Å². The number of likely N-dealkylation sites (tertiary alicyclic amines) is 1. The van der Waals surface area contributed by atoms with Crippen LogP contribution in [0.2, 0.25) is 0 Å². The van der Waals surface area contributed by atoms with Gasteiger partial charge >= 0.3 is 6.09 Å². The van der Waals surface area contributed by atoms with Crippen molar-refractivity contribution in [2.24, 2.45) is 0 Å². The largest absolute Gasteiger partial charge is 0.487 e. The van der Waals surface area contributed by atoms with E-state index in [1.54, 1.807) is 23.2 Å². The first-order valence-electron chi connectivity index (χ1n) is 11.0. The topological polar surface area (TPSA) is 68.7 Å². The van der Waals surface area contributed by atoms with E-state index in [-0.39, 0.29) is 16.8 Å². The van der Waals surface area contributed by atoms with Crippen LogP contribution in [0.5, 0.6) is 5.75 Å². The molecule has 2 aliphatic rings. The molecular weight excluding hydrogens is 444 g/mol. The lowest BCUT2D eigenvalue weighted by atomic mass is 9.83. The van der Waals surface area contributed by atoms with Gasteiger partial charge in [0.15, 0.2) is 5.12 Å². The van der Waals surface area contributed by atoms with Gasteiger partial charge in [-0.3, -0.25) is 4.79 Å². The van der Waals surface area contributed by atoms with Gasteiger partial charge in [-0.15, -0.1) is 11.3 Å². The van der Waals surface area contributed by atoms with Crippen LogP contribution in [0.4, 0.5) is 4.79 Å². The highest BCUT2D eigenvalue weighted by Gasteiger charge is 2.41. The Morgan fingerprint density at radius 2 is 2.00 bits per heavy atom. The van der Waals surface area contributed by atoms with Gasteiger partial charge in [0.25, 0.3) is 0 Å². The molecule has 6 nitrogen and oxygen atoms in total. The molecule has 1 spiro atoms. The van der Waals surface area contributed by atoms with Crippen LogP contribution < -0.4 is 4.74 Å². The van der Waals surface area contributed by atoms with E-state index in [4.69, 9.17) is 9.47 Å². The Labute approximate surface area is 197 Å². The molecule has 0 atom stereocenters. The maximum atomic E-state index is 12.4. The third-order valence-electron chi connectivity index (χ3n) is 5.80. The summed E-state index contributed by atoms with van der Waals surface area (Å²) in [6, 6.07) is 6.35. The molecule has 1 saturated heterocycles. The van der Waals surface area contributed by atoms with Gasteiger partial charge in [0.05, 0.1) is 10.6 Å². The molecule has 1 aromatic carbocycles. The standard InChI is InChI=1S/C24H30N2O4S2/c1-16(27)31-15-21-25-14-20(32-21)18-5-6-19-17(13-18)7-8-24(29-19)9-11-26(12-10-24)22(28)30-23(2,3)4/h5-6,13-14H,7-12,15H2,1-4H3. The Hall–Kier alpha value is -2.06. The molecule has 0 aliphatic carbocycles. The van der Waals surface area contributed by atoms with Crippen molar-refractivity contribution in [3.8, 4) is 16.2 Å². The zero-order valence-electron chi connectivity index (χ0n) is 19.1. The van der Waals surface area contributed by atoms with E-state index < -0.39 is 5.60 Å². The van der Waals surface area contributed by atoms with Crippen molar-refractivity contribution in [1.82, 2.24) is 9.88 Å². The highest BCUT2D eigenvalue weighted by molar-refractivity contribution is 8.12. The van der Waals surface area contributed by atoms with E-state index in [0.717, 1.165) is 46.9 Å². The minimum atomic E-state index is -0.477. The van der Waals surface area contributed by atoms with Crippen molar-refractivity contribution in [3.05, 3.63) is 35.0 Å². The van der Waals surface area contributed by atoms with Crippen LogP contribution >= 0.6 is 23.1 Å². The molecule has 0 saturated carbocycles. The summed E-state index contributed by atoms with van der Waals surface area (Å²) in [6.45, 7) is 8.57. The number of benzene rings is 1. The van der Waals surface area contributed by atoms with Crippen LogP contribution in [0.1, 0.15) is 57.5 Å². The predicted molar refractivity (Wildman–Crippen MR) is 128 cm³/mol. The minimum absolute atomic E-state index is 0.110. The zero-order chi connectivity index (χ0) is 22.9. The van der Waals surface area contributed by atoms with Gasteiger partial charge in [0, 0.05) is 39.1 Å². The molecule has 2 aromatic rings. The van der Waals surface area contributed by atoms with Gasteiger partial charge in [-0.05, 0) is 62.9 Å². The molecule has 2 aliphatic heterocycles. The fourth-order valence-corrected chi connectivity index (χ4v) is 5.65. The second-order valence-electron chi connectivity index (χ2n) is 9.47. The van der Waals surface area contributed by atoms with E-state index in [9.17, 15) is 9.59 Å². The highest BCUT2D eigenvalue weighted by atomic mass is 32.2. The normalized spacial score (nSPS) is 17.6. The number of thiazole rings is 1. The summed E-state index contributed by atoms with van der Waals surface area (Å²) in [5.41, 5.74) is 1.68. The molecule has 1 aromatic heterocycles. The van der Waals surface area contributed by atoms with Crippen LogP contribution in [0.25, 0.3) is 10.4 Å². The van der Waals surface area contributed by atoms with E-state index in [2.05, 4.69) is 23.2 Å². The lowest BCUT2D eigenvalue weighted by Crippen LogP contribution is -2.52. The van der Waals surface area contributed by atoms with Crippen LogP contribution in [0, 0.1) is 0 Å². The summed E-state index contributed by atoms with van der Waals surface area (Å²) in [4.78, 5) is 30.9. The van der Waals surface area contributed by atoms with Crippen molar-refractivity contribution in [3.63, 3.8) is 0 Å². The summed E-state index contributed by atoms with van der Waals surface area (Å²) in [5, 5.41) is 1.07. The number of carbonyl (C=O) groups is 2. The number of fused-ring (bicyclic) bond motifs is 1. The number of thioether (sulfide) groups is 1. The number of hydrogen-bond acceptors (Lipinski definition) is 7. The molecule has 1 amide bonds. The van der Waals surface area contributed by atoms with E-state index in [0.29, 0.717) is 18.8 Å². The number of ether oxygens (including phenoxy) is 2. The number of aromatic nitrogens is 1. The average molecular weight is 475 g/mol. The van der Waals surface area contributed by atoms with Gasteiger partial charge in [0.1, 0.15) is 22.0 Å². The molecule has 0 N–H and O–H groups in total. The van der Waals surface area contributed by atoms with Crippen molar-refractivity contribution in [1.29, 1.82) is 0 Å². The SMILES string of the molecule is CC(=O)SCc1ncc(-c2ccc3c(c2)CCC2(CCN(C(=O)OC(C)(C)C)CC2)O3)s1. The average Bonchev–Trinajstić information content (AvgIpc) is 3.20. The van der Waals surface area contributed by atoms with E-state index in [1.807, 2.05) is 27.0 Å². The monoisotopic (exact) mass is 474 g/mol. The number of carbonyl (C=O) groups excluding carboxylic acids is 2. The van der Waals surface area contributed by atoms with Crippen LogP contribution in [0.15, 0.2) is 24.4 Å². The molecule has 3 heterocycles. The second-order valence-corrected chi connectivity index (χ2v) is 11.7. The van der Waals surface area contributed by atoms with E-state index in [1.165, 1.54) is 17.3 Å². The fourth-order valence-electron chi connectivity index (χ4n) is 4.12. The van der Waals surface area contributed by atoms with Gasteiger partial charge < -0.3 is 14.4 Å². The molecule has 0 bridgehead atoms. The molecular formula is C24H30N2O4S2. The summed E-state index contributed by atoms with van der Waals surface area (Å²) < 4.78 is 12.0.